The van der Waals surface area contributed by atoms with E-state index >= 15 is 0 Å². The Bertz CT molecular complexity index is 1790. The van der Waals surface area contributed by atoms with Crippen LogP contribution in [0.3, 0.4) is 0 Å². The number of aryl methyl sites for hydroxylation is 1. The molecule has 5 aromatic heterocycles. The first-order chi connectivity index (χ1) is 19.5. The van der Waals surface area contributed by atoms with Gasteiger partial charge in [-0.2, -0.15) is 5.10 Å². The van der Waals surface area contributed by atoms with E-state index in [1.807, 2.05) is 18.2 Å². The molecule has 1 aliphatic carbocycles. The van der Waals surface area contributed by atoms with Crippen LogP contribution in [0, 0.1) is 6.92 Å². The number of carbonyl (C=O) groups excluding carboxylic acids is 2. The van der Waals surface area contributed by atoms with Gasteiger partial charge in [-0.05, 0) is 38.3 Å². The predicted molar refractivity (Wildman–Crippen MR) is 143 cm³/mol. The third kappa shape index (κ3) is 3.99. The third-order valence-electron chi connectivity index (χ3n) is 7.36. The van der Waals surface area contributed by atoms with Crippen molar-refractivity contribution in [1.82, 2.24) is 44.6 Å². The van der Waals surface area contributed by atoms with E-state index in [2.05, 4.69) is 25.0 Å². The second-order valence-electron chi connectivity index (χ2n) is 9.99. The number of ketones is 1. The van der Waals surface area contributed by atoms with Crippen LogP contribution in [-0.2, 0) is 17.8 Å². The van der Waals surface area contributed by atoms with Crippen molar-refractivity contribution in [3.05, 3.63) is 71.6 Å². The van der Waals surface area contributed by atoms with Gasteiger partial charge in [0, 0.05) is 30.4 Å². The van der Waals surface area contributed by atoms with E-state index in [0.29, 0.717) is 47.2 Å². The molecule has 6 heterocycles. The maximum Gasteiger partial charge on any atom is 0.295 e. The molecule has 200 valence electrons. The molecule has 0 unspecified atom stereocenters. The molecule has 1 saturated carbocycles. The van der Waals surface area contributed by atoms with E-state index in [4.69, 9.17) is 14.7 Å². The first kappa shape index (κ1) is 24.1. The number of aromatic nitrogens is 8. The molecule has 0 atom stereocenters. The lowest BCUT2D eigenvalue weighted by Crippen LogP contribution is -2.41. The molecular formula is C28H25N9O3. The van der Waals surface area contributed by atoms with Crippen LogP contribution < -0.4 is 4.74 Å². The van der Waals surface area contributed by atoms with Gasteiger partial charge < -0.3 is 14.6 Å². The average molecular weight is 536 g/mol. The van der Waals surface area contributed by atoms with Gasteiger partial charge in [-0.15, -0.1) is 0 Å². The minimum atomic E-state index is -0.638. The largest absolute Gasteiger partial charge is 0.494 e. The Morgan fingerprint density at radius 3 is 2.73 bits per heavy atom. The Morgan fingerprint density at radius 2 is 2.00 bits per heavy atom. The molecule has 1 aliphatic heterocycles. The number of amides is 1. The standard InChI is InChI=1S/C28H25N9O3/c1-15-32-14-37(35-15)27-24-22(21(40-2)12-31-27)18(11-30-24)25(38)28(39)36-10-8-17-20(13-36)33-26(16-6-7-16)34-23(17)19-5-3-4-9-29-19/h3-5,9,11-12,14,16,30H,6-8,10,13H2,1-2H3. The van der Waals surface area contributed by atoms with Crippen LogP contribution in [0.5, 0.6) is 5.75 Å². The van der Waals surface area contributed by atoms with E-state index in [1.54, 1.807) is 24.3 Å². The van der Waals surface area contributed by atoms with Crippen LogP contribution in [0.15, 0.2) is 43.1 Å². The number of hydrogen-bond donors (Lipinski definition) is 1. The Morgan fingerprint density at radius 1 is 1.12 bits per heavy atom. The summed E-state index contributed by atoms with van der Waals surface area (Å²) in [5.41, 5.74) is 4.08. The number of fused-ring (bicyclic) bond motifs is 2. The van der Waals surface area contributed by atoms with Crippen LogP contribution in [0.2, 0.25) is 0 Å². The summed E-state index contributed by atoms with van der Waals surface area (Å²) in [5, 5.41) is 4.79. The summed E-state index contributed by atoms with van der Waals surface area (Å²) < 4.78 is 7.03. The summed E-state index contributed by atoms with van der Waals surface area (Å²) in [4.78, 5) is 54.8. The summed E-state index contributed by atoms with van der Waals surface area (Å²) >= 11 is 0. The van der Waals surface area contributed by atoms with Crippen molar-refractivity contribution >= 4 is 22.6 Å². The van der Waals surface area contributed by atoms with Crippen LogP contribution in [0.4, 0.5) is 0 Å². The second kappa shape index (κ2) is 9.33. The number of H-pyrrole nitrogens is 1. The summed E-state index contributed by atoms with van der Waals surface area (Å²) in [5.74, 6) is 1.27. The lowest BCUT2D eigenvalue weighted by Gasteiger charge is -2.29. The van der Waals surface area contributed by atoms with Crippen LogP contribution in [0.25, 0.3) is 28.1 Å². The fourth-order valence-electron chi connectivity index (χ4n) is 5.18. The molecule has 5 aromatic rings. The van der Waals surface area contributed by atoms with Crippen LogP contribution in [-0.4, -0.2) is 69.9 Å². The van der Waals surface area contributed by atoms with E-state index in [9.17, 15) is 9.59 Å². The summed E-state index contributed by atoms with van der Waals surface area (Å²) in [7, 11) is 1.50. The molecule has 0 aromatic carbocycles. The number of aromatic amines is 1. The molecule has 0 bridgehead atoms. The number of Topliss-reactive ketones (excluding diaryl/α,β-unsaturated/α-hetero) is 1. The zero-order chi connectivity index (χ0) is 27.4. The highest BCUT2D eigenvalue weighted by Gasteiger charge is 2.34. The first-order valence-electron chi connectivity index (χ1n) is 13.1. The van der Waals surface area contributed by atoms with Crippen molar-refractivity contribution in [2.75, 3.05) is 13.7 Å². The minimum absolute atomic E-state index is 0.207. The van der Waals surface area contributed by atoms with Crippen molar-refractivity contribution in [3.63, 3.8) is 0 Å². The molecule has 1 amide bonds. The molecule has 0 radical (unpaired) electrons. The molecule has 7 rings (SSSR count). The molecule has 1 fully saturated rings. The Labute approximate surface area is 228 Å². The minimum Gasteiger partial charge on any atom is -0.494 e. The average Bonchev–Trinajstić information content (AvgIpc) is 3.61. The Hall–Kier alpha value is -5.00. The van der Waals surface area contributed by atoms with E-state index in [1.165, 1.54) is 24.2 Å². The predicted octanol–water partition coefficient (Wildman–Crippen LogP) is 2.96. The van der Waals surface area contributed by atoms with Gasteiger partial charge in [0.25, 0.3) is 11.7 Å². The molecule has 0 spiro atoms. The van der Waals surface area contributed by atoms with Crippen molar-refractivity contribution in [1.29, 1.82) is 0 Å². The molecule has 1 N–H and O–H groups in total. The van der Waals surface area contributed by atoms with Crippen molar-refractivity contribution < 1.29 is 14.3 Å². The maximum atomic E-state index is 13.7. The Balaban J connectivity index is 1.23. The summed E-state index contributed by atoms with van der Waals surface area (Å²) in [6, 6.07) is 5.75. The van der Waals surface area contributed by atoms with Crippen molar-refractivity contribution in [2.45, 2.75) is 38.6 Å². The quantitative estimate of drug-likeness (QED) is 0.256. The SMILES string of the molecule is COc1cnc(-n2cnc(C)n2)c2[nH]cc(C(=O)C(=O)N3CCc4c(nc(C5CC5)nc4-c4ccccn4)C3)c12. The van der Waals surface area contributed by atoms with E-state index in [-0.39, 0.29) is 12.1 Å². The highest BCUT2D eigenvalue weighted by molar-refractivity contribution is 6.45. The van der Waals surface area contributed by atoms with Crippen LogP contribution >= 0.6 is 0 Å². The van der Waals surface area contributed by atoms with Gasteiger partial charge in [0.05, 0.1) is 53.4 Å². The molecular weight excluding hydrogens is 510 g/mol. The number of rotatable bonds is 6. The number of nitrogens with zero attached hydrogens (tertiary/aromatic N) is 8. The highest BCUT2D eigenvalue weighted by atomic mass is 16.5. The van der Waals surface area contributed by atoms with Gasteiger partial charge in [0.1, 0.15) is 23.7 Å². The van der Waals surface area contributed by atoms with Crippen LogP contribution in [0.1, 0.15) is 52.0 Å². The fraction of sp³-hybridized carbons (Fsp3) is 0.286. The van der Waals surface area contributed by atoms with Crippen molar-refractivity contribution in [3.8, 4) is 23.0 Å². The molecule has 12 heteroatoms. The number of ether oxygens (including phenoxy) is 1. The maximum absolute atomic E-state index is 13.7. The topological polar surface area (TPSA) is 145 Å². The van der Waals surface area contributed by atoms with Gasteiger partial charge in [0.2, 0.25) is 0 Å². The zero-order valence-corrected chi connectivity index (χ0v) is 22.0. The highest BCUT2D eigenvalue weighted by Crippen LogP contribution is 2.40. The summed E-state index contributed by atoms with van der Waals surface area (Å²) in [6.07, 6.45) is 8.95. The number of carbonyl (C=O) groups is 2. The normalized spacial score (nSPS) is 14.8. The third-order valence-corrected chi connectivity index (χ3v) is 7.36. The second-order valence-corrected chi connectivity index (χ2v) is 9.99. The van der Waals surface area contributed by atoms with Gasteiger partial charge in [-0.1, -0.05) is 6.07 Å². The van der Waals surface area contributed by atoms with Gasteiger partial charge in [-0.3, -0.25) is 14.6 Å². The van der Waals surface area contributed by atoms with E-state index < -0.39 is 11.7 Å². The fourth-order valence-corrected chi connectivity index (χ4v) is 5.18. The number of pyridine rings is 2. The first-order valence-corrected chi connectivity index (χ1v) is 13.1. The monoisotopic (exact) mass is 535 g/mol. The number of methoxy groups -OCH3 is 1. The van der Waals surface area contributed by atoms with Crippen molar-refractivity contribution in [2.24, 2.45) is 0 Å². The molecule has 40 heavy (non-hydrogen) atoms. The smallest absolute Gasteiger partial charge is 0.295 e. The number of nitrogens with one attached hydrogen (secondary N) is 1. The van der Waals surface area contributed by atoms with Gasteiger partial charge in [-0.25, -0.2) is 24.6 Å². The molecule has 12 nitrogen and oxygen atoms in total. The molecule has 0 saturated heterocycles. The Kier molecular flexibility index (Phi) is 5.61. The lowest BCUT2D eigenvalue weighted by atomic mass is 9.99. The van der Waals surface area contributed by atoms with Gasteiger partial charge in [0.15, 0.2) is 5.82 Å². The molecule has 2 aliphatic rings. The number of hydrogen-bond acceptors (Lipinski definition) is 9. The lowest BCUT2D eigenvalue weighted by molar-refractivity contribution is -0.127. The van der Waals surface area contributed by atoms with Gasteiger partial charge >= 0.3 is 0 Å². The zero-order valence-electron chi connectivity index (χ0n) is 22.0. The summed E-state index contributed by atoms with van der Waals surface area (Å²) in [6.45, 7) is 2.37. The van der Waals surface area contributed by atoms with E-state index in [0.717, 1.165) is 41.3 Å².